The Balaban J connectivity index is 1.54. The minimum Gasteiger partial charge on any atom is -0.492 e. The number of carbonyl (C=O) groups is 1. The molecule has 3 aromatic rings. The molecule has 0 aliphatic carbocycles. The van der Waals surface area contributed by atoms with Crippen molar-refractivity contribution in [3.8, 4) is 5.75 Å². The number of thioether (sulfide) groups is 1. The van der Waals surface area contributed by atoms with Crippen LogP contribution in [0.2, 0.25) is 0 Å². The third kappa shape index (κ3) is 5.47. The van der Waals surface area contributed by atoms with Crippen LogP contribution in [0.25, 0.3) is 12.2 Å². The van der Waals surface area contributed by atoms with Crippen LogP contribution in [-0.2, 0) is 4.79 Å². The molecule has 0 atom stereocenters. The summed E-state index contributed by atoms with van der Waals surface area (Å²) in [5.41, 5.74) is 2.98. The number of anilines is 1. The Labute approximate surface area is 168 Å². The Hall–Kier alpha value is -3.06. The smallest absolute Gasteiger partial charge is 0.234 e. The van der Waals surface area contributed by atoms with Gasteiger partial charge in [0.1, 0.15) is 11.6 Å². The van der Waals surface area contributed by atoms with E-state index >= 15 is 0 Å². The van der Waals surface area contributed by atoms with Crippen molar-refractivity contribution in [2.75, 3.05) is 17.7 Å². The van der Waals surface area contributed by atoms with Gasteiger partial charge in [0, 0.05) is 0 Å². The molecular formula is C21H22N4O2S. The SMILES string of the molecule is CCOc1ccccc1NC(=O)CSc1n[nH]c(/C=C/c2ccccc2C)n1. The number of ether oxygens (including phenoxy) is 1. The molecule has 2 aromatic carbocycles. The Morgan fingerprint density at radius 3 is 2.79 bits per heavy atom. The van der Waals surface area contributed by atoms with Crippen molar-refractivity contribution in [2.45, 2.75) is 19.0 Å². The van der Waals surface area contributed by atoms with Crippen LogP contribution in [0.4, 0.5) is 5.69 Å². The molecule has 0 spiro atoms. The van der Waals surface area contributed by atoms with E-state index in [-0.39, 0.29) is 11.7 Å². The highest BCUT2D eigenvalue weighted by atomic mass is 32.2. The second-order valence-electron chi connectivity index (χ2n) is 5.96. The molecule has 1 amide bonds. The summed E-state index contributed by atoms with van der Waals surface area (Å²) >= 11 is 1.27. The molecule has 2 N–H and O–H groups in total. The molecule has 0 saturated heterocycles. The molecule has 1 aromatic heterocycles. The van der Waals surface area contributed by atoms with Crippen LogP contribution >= 0.6 is 11.8 Å². The summed E-state index contributed by atoms with van der Waals surface area (Å²) in [5.74, 6) is 1.37. The van der Waals surface area contributed by atoms with Crippen LogP contribution in [0.1, 0.15) is 23.9 Å². The van der Waals surface area contributed by atoms with Gasteiger partial charge in [0.15, 0.2) is 0 Å². The molecule has 0 aliphatic rings. The quantitative estimate of drug-likeness (QED) is 0.553. The van der Waals surface area contributed by atoms with Crippen LogP contribution in [0.15, 0.2) is 53.7 Å². The lowest BCUT2D eigenvalue weighted by molar-refractivity contribution is -0.113. The van der Waals surface area contributed by atoms with E-state index < -0.39 is 0 Å². The molecule has 0 saturated carbocycles. The summed E-state index contributed by atoms with van der Waals surface area (Å²) in [5, 5.41) is 10.4. The van der Waals surface area contributed by atoms with Gasteiger partial charge in [-0.15, -0.1) is 5.10 Å². The molecule has 0 bridgehead atoms. The van der Waals surface area contributed by atoms with Gasteiger partial charge in [-0.2, -0.15) is 0 Å². The lowest BCUT2D eigenvalue weighted by Gasteiger charge is -2.10. The number of aromatic amines is 1. The normalized spacial score (nSPS) is 10.9. The Bertz CT molecular complexity index is 968. The molecule has 0 radical (unpaired) electrons. The Kier molecular flexibility index (Phi) is 6.86. The fraction of sp³-hybridized carbons (Fsp3) is 0.190. The number of amides is 1. The number of nitrogens with zero attached hydrogens (tertiary/aromatic N) is 2. The largest absolute Gasteiger partial charge is 0.492 e. The average molecular weight is 395 g/mol. The summed E-state index contributed by atoms with van der Waals surface area (Å²) in [6, 6.07) is 15.5. The number of aryl methyl sites for hydroxylation is 1. The maximum absolute atomic E-state index is 12.2. The molecule has 7 heteroatoms. The zero-order valence-corrected chi connectivity index (χ0v) is 16.6. The van der Waals surface area contributed by atoms with E-state index in [2.05, 4.69) is 33.5 Å². The van der Waals surface area contributed by atoms with E-state index in [0.29, 0.717) is 29.0 Å². The fourth-order valence-electron chi connectivity index (χ4n) is 2.51. The highest BCUT2D eigenvalue weighted by Gasteiger charge is 2.10. The minimum atomic E-state index is -0.140. The van der Waals surface area contributed by atoms with E-state index in [0.717, 1.165) is 5.56 Å². The van der Waals surface area contributed by atoms with Crippen molar-refractivity contribution in [3.63, 3.8) is 0 Å². The number of hydrogen-bond acceptors (Lipinski definition) is 5. The molecule has 0 fully saturated rings. The second-order valence-corrected chi connectivity index (χ2v) is 6.90. The predicted molar refractivity (Wildman–Crippen MR) is 113 cm³/mol. The number of aromatic nitrogens is 3. The summed E-state index contributed by atoms with van der Waals surface area (Å²) < 4.78 is 5.52. The highest BCUT2D eigenvalue weighted by molar-refractivity contribution is 7.99. The van der Waals surface area contributed by atoms with Crippen molar-refractivity contribution in [1.82, 2.24) is 15.2 Å². The number of benzene rings is 2. The Morgan fingerprint density at radius 1 is 1.18 bits per heavy atom. The number of hydrogen-bond donors (Lipinski definition) is 2. The molecule has 28 heavy (non-hydrogen) atoms. The summed E-state index contributed by atoms with van der Waals surface area (Å²) in [7, 11) is 0. The third-order valence-electron chi connectivity index (χ3n) is 3.88. The number of H-pyrrole nitrogens is 1. The molecule has 3 rings (SSSR count). The molecule has 1 heterocycles. The maximum Gasteiger partial charge on any atom is 0.234 e. The van der Waals surface area contributed by atoms with Gasteiger partial charge in [-0.3, -0.25) is 9.89 Å². The van der Waals surface area contributed by atoms with Gasteiger partial charge in [0.25, 0.3) is 0 Å². The average Bonchev–Trinajstić information content (AvgIpc) is 3.15. The van der Waals surface area contributed by atoms with E-state index in [1.54, 1.807) is 0 Å². The van der Waals surface area contributed by atoms with Crippen LogP contribution in [0, 0.1) is 6.92 Å². The van der Waals surface area contributed by atoms with Crippen LogP contribution in [-0.4, -0.2) is 33.4 Å². The van der Waals surface area contributed by atoms with Gasteiger partial charge < -0.3 is 10.1 Å². The van der Waals surface area contributed by atoms with Gasteiger partial charge in [-0.25, -0.2) is 4.98 Å². The molecular weight excluding hydrogens is 372 g/mol. The molecule has 144 valence electrons. The first kappa shape index (κ1) is 19.7. The molecule has 6 nitrogen and oxygen atoms in total. The fourth-order valence-corrected chi connectivity index (χ4v) is 3.11. The van der Waals surface area contributed by atoms with Gasteiger partial charge in [0.05, 0.1) is 18.0 Å². The van der Waals surface area contributed by atoms with Gasteiger partial charge >= 0.3 is 0 Å². The molecule has 0 unspecified atom stereocenters. The number of carbonyl (C=O) groups excluding carboxylic acids is 1. The zero-order valence-electron chi connectivity index (χ0n) is 15.8. The third-order valence-corrected chi connectivity index (χ3v) is 4.73. The number of nitrogens with one attached hydrogen (secondary N) is 2. The summed E-state index contributed by atoms with van der Waals surface area (Å²) in [6.07, 6.45) is 3.86. The monoisotopic (exact) mass is 394 g/mol. The van der Waals surface area contributed by atoms with Crippen molar-refractivity contribution in [1.29, 1.82) is 0 Å². The van der Waals surface area contributed by atoms with Gasteiger partial charge in [0.2, 0.25) is 11.1 Å². The van der Waals surface area contributed by atoms with Gasteiger partial charge in [-0.1, -0.05) is 54.2 Å². The van der Waals surface area contributed by atoms with E-state index in [1.807, 2.05) is 61.5 Å². The predicted octanol–water partition coefficient (Wildman–Crippen LogP) is 4.41. The van der Waals surface area contributed by atoms with E-state index in [4.69, 9.17) is 4.74 Å². The lowest BCUT2D eigenvalue weighted by Crippen LogP contribution is -2.15. The van der Waals surface area contributed by atoms with Crippen molar-refractivity contribution in [2.24, 2.45) is 0 Å². The zero-order chi connectivity index (χ0) is 19.8. The number of rotatable bonds is 8. The van der Waals surface area contributed by atoms with E-state index in [1.165, 1.54) is 17.3 Å². The van der Waals surface area contributed by atoms with Crippen molar-refractivity contribution < 1.29 is 9.53 Å². The van der Waals surface area contributed by atoms with Crippen LogP contribution in [0.3, 0.4) is 0 Å². The Morgan fingerprint density at radius 2 is 1.96 bits per heavy atom. The summed E-state index contributed by atoms with van der Waals surface area (Å²) in [4.78, 5) is 16.6. The number of para-hydroxylation sites is 2. The van der Waals surface area contributed by atoms with Crippen LogP contribution < -0.4 is 10.1 Å². The van der Waals surface area contributed by atoms with E-state index in [9.17, 15) is 4.79 Å². The highest BCUT2D eigenvalue weighted by Crippen LogP contribution is 2.24. The topological polar surface area (TPSA) is 79.9 Å². The standard InChI is InChI=1S/C21H22N4O2S/c1-3-27-18-11-7-6-10-17(18)22-20(26)14-28-21-23-19(24-25-21)13-12-16-9-5-4-8-15(16)2/h4-13H,3,14H2,1-2H3,(H,22,26)(H,23,24,25)/b13-12+. The first-order valence-corrected chi connectivity index (χ1v) is 9.95. The van der Waals surface area contributed by atoms with Crippen molar-refractivity contribution >= 4 is 35.5 Å². The first-order chi connectivity index (χ1) is 13.7. The maximum atomic E-state index is 12.2. The van der Waals surface area contributed by atoms with Crippen LogP contribution in [0.5, 0.6) is 5.75 Å². The van der Waals surface area contributed by atoms with Crippen molar-refractivity contribution in [3.05, 3.63) is 65.5 Å². The lowest BCUT2D eigenvalue weighted by atomic mass is 10.1. The first-order valence-electron chi connectivity index (χ1n) is 8.96. The second kappa shape index (κ2) is 9.75. The molecule has 0 aliphatic heterocycles. The van der Waals surface area contributed by atoms with Gasteiger partial charge in [-0.05, 0) is 43.2 Å². The summed E-state index contributed by atoms with van der Waals surface area (Å²) in [6.45, 7) is 4.50. The minimum absolute atomic E-state index is 0.140.